The van der Waals surface area contributed by atoms with Crippen LogP contribution in [0.3, 0.4) is 0 Å². The molecule has 0 radical (unpaired) electrons. The van der Waals surface area contributed by atoms with E-state index < -0.39 is 0 Å². The van der Waals surface area contributed by atoms with Crippen molar-refractivity contribution >= 4 is 23.2 Å². The summed E-state index contributed by atoms with van der Waals surface area (Å²) in [4.78, 5) is 31.8. The van der Waals surface area contributed by atoms with Gasteiger partial charge in [0.15, 0.2) is 0 Å². The first kappa shape index (κ1) is 20.1. The van der Waals surface area contributed by atoms with Crippen LogP contribution in [0.2, 0.25) is 0 Å². The second-order valence-electron chi connectivity index (χ2n) is 9.01. The fourth-order valence-electron chi connectivity index (χ4n) is 4.56. The average Bonchev–Trinajstić information content (AvgIpc) is 3.66. The fraction of sp³-hybridized carbons (Fsp3) is 0.440. The molecule has 1 aliphatic carbocycles. The maximum atomic E-state index is 13.0. The standard InChI is InChI=1S/C25H30N4O2/c1-17-16-29(25(31)20-7-8-20)23-15-21(9-10-22(23)27(17)2)18-3-5-19(6-4-18)24(30)28-13-11-26-12-14-28/h3-6,9-10,15,17,20,26H,7-8,11-14,16H2,1-2H3/t17-/m0/s1. The Morgan fingerprint density at radius 2 is 1.61 bits per heavy atom. The van der Waals surface area contributed by atoms with E-state index >= 15 is 0 Å². The smallest absolute Gasteiger partial charge is 0.253 e. The van der Waals surface area contributed by atoms with Gasteiger partial charge in [0, 0.05) is 57.3 Å². The third-order valence-corrected chi connectivity index (χ3v) is 6.82. The number of anilines is 2. The summed E-state index contributed by atoms with van der Waals surface area (Å²) in [5.74, 6) is 0.549. The molecule has 5 rings (SSSR count). The Balaban J connectivity index is 1.42. The number of likely N-dealkylation sites (N-methyl/N-ethyl adjacent to an activating group) is 1. The Morgan fingerprint density at radius 1 is 0.935 bits per heavy atom. The van der Waals surface area contributed by atoms with E-state index in [2.05, 4.69) is 42.4 Å². The molecule has 2 aliphatic heterocycles. The minimum Gasteiger partial charge on any atom is -0.368 e. The van der Waals surface area contributed by atoms with Crippen LogP contribution in [0.15, 0.2) is 42.5 Å². The van der Waals surface area contributed by atoms with E-state index in [-0.39, 0.29) is 23.8 Å². The number of piperazine rings is 1. The molecule has 6 nitrogen and oxygen atoms in total. The number of nitrogens with zero attached hydrogens (tertiary/aromatic N) is 3. The molecule has 2 amide bonds. The molecule has 1 atom stereocenters. The SMILES string of the molecule is C[C@H]1CN(C(=O)C2CC2)c2cc(-c3ccc(C(=O)N4CCNCC4)cc3)ccc2N1C. The number of hydrogen-bond acceptors (Lipinski definition) is 4. The molecule has 0 unspecified atom stereocenters. The van der Waals surface area contributed by atoms with Gasteiger partial charge in [0.1, 0.15) is 0 Å². The van der Waals surface area contributed by atoms with Crippen molar-refractivity contribution in [2.45, 2.75) is 25.8 Å². The summed E-state index contributed by atoms with van der Waals surface area (Å²) in [7, 11) is 2.10. The molecule has 1 saturated carbocycles. The number of carbonyl (C=O) groups is 2. The van der Waals surface area contributed by atoms with Crippen LogP contribution in [0.1, 0.15) is 30.1 Å². The van der Waals surface area contributed by atoms with E-state index in [4.69, 9.17) is 0 Å². The van der Waals surface area contributed by atoms with Crippen molar-refractivity contribution in [2.24, 2.45) is 5.92 Å². The Kier molecular flexibility index (Phi) is 5.18. The minimum absolute atomic E-state index is 0.0929. The van der Waals surface area contributed by atoms with Crippen LogP contribution in [-0.4, -0.2) is 62.5 Å². The maximum absolute atomic E-state index is 13.0. The van der Waals surface area contributed by atoms with E-state index in [1.165, 1.54) is 0 Å². The van der Waals surface area contributed by atoms with Crippen molar-refractivity contribution in [3.8, 4) is 11.1 Å². The molecule has 2 fully saturated rings. The molecule has 0 bridgehead atoms. The van der Waals surface area contributed by atoms with Gasteiger partial charge in [-0.3, -0.25) is 9.59 Å². The minimum atomic E-state index is 0.0929. The normalized spacial score (nSPS) is 21.1. The fourth-order valence-corrected chi connectivity index (χ4v) is 4.56. The second-order valence-corrected chi connectivity index (χ2v) is 9.01. The van der Waals surface area contributed by atoms with Crippen molar-refractivity contribution in [1.29, 1.82) is 0 Å². The molecular formula is C25H30N4O2. The molecule has 2 heterocycles. The molecule has 6 heteroatoms. The van der Waals surface area contributed by atoms with Crippen LogP contribution in [0, 0.1) is 5.92 Å². The molecule has 0 spiro atoms. The summed E-state index contributed by atoms with van der Waals surface area (Å²) in [6.45, 7) is 6.09. The van der Waals surface area contributed by atoms with Gasteiger partial charge in [-0.1, -0.05) is 18.2 Å². The summed E-state index contributed by atoms with van der Waals surface area (Å²) in [5, 5.41) is 3.28. The van der Waals surface area contributed by atoms with Gasteiger partial charge < -0.3 is 20.0 Å². The Morgan fingerprint density at radius 3 is 2.29 bits per heavy atom. The van der Waals surface area contributed by atoms with Gasteiger partial charge >= 0.3 is 0 Å². The first-order chi connectivity index (χ1) is 15.0. The Labute approximate surface area is 183 Å². The number of benzene rings is 2. The zero-order valence-electron chi connectivity index (χ0n) is 18.3. The van der Waals surface area contributed by atoms with Crippen LogP contribution in [-0.2, 0) is 4.79 Å². The van der Waals surface area contributed by atoms with Crippen molar-refractivity contribution in [2.75, 3.05) is 49.6 Å². The van der Waals surface area contributed by atoms with E-state index in [1.807, 2.05) is 34.1 Å². The van der Waals surface area contributed by atoms with E-state index in [9.17, 15) is 9.59 Å². The maximum Gasteiger partial charge on any atom is 0.253 e. The lowest BCUT2D eigenvalue weighted by Gasteiger charge is -2.40. The number of carbonyl (C=O) groups excluding carboxylic acids is 2. The molecule has 1 saturated heterocycles. The summed E-state index contributed by atoms with van der Waals surface area (Å²) < 4.78 is 0. The molecule has 2 aromatic rings. The molecule has 2 aromatic carbocycles. The number of amides is 2. The van der Waals surface area contributed by atoms with Crippen LogP contribution < -0.4 is 15.1 Å². The van der Waals surface area contributed by atoms with Crippen molar-refractivity contribution < 1.29 is 9.59 Å². The van der Waals surface area contributed by atoms with Crippen LogP contribution >= 0.6 is 0 Å². The second kappa shape index (κ2) is 8.00. The molecular weight excluding hydrogens is 388 g/mol. The predicted molar refractivity (Wildman–Crippen MR) is 124 cm³/mol. The number of fused-ring (bicyclic) bond motifs is 1. The van der Waals surface area contributed by atoms with Crippen LogP contribution in [0.4, 0.5) is 11.4 Å². The molecule has 0 aromatic heterocycles. The lowest BCUT2D eigenvalue weighted by molar-refractivity contribution is -0.119. The summed E-state index contributed by atoms with van der Waals surface area (Å²) in [6.07, 6.45) is 2.02. The van der Waals surface area contributed by atoms with E-state index in [1.54, 1.807) is 0 Å². The van der Waals surface area contributed by atoms with E-state index in [0.29, 0.717) is 0 Å². The third-order valence-electron chi connectivity index (χ3n) is 6.82. The average molecular weight is 419 g/mol. The van der Waals surface area contributed by atoms with Gasteiger partial charge in [-0.15, -0.1) is 0 Å². The molecule has 162 valence electrons. The first-order valence-electron chi connectivity index (χ1n) is 11.3. The number of hydrogen-bond donors (Lipinski definition) is 1. The highest BCUT2D eigenvalue weighted by molar-refractivity contribution is 6.01. The van der Waals surface area contributed by atoms with Gasteiger partial charge in [0.25, 0.3) is 5.91 Å². The predicted octanol–water partition coefficient (Wildman–Crippen LogP) is 2.98. The first-order valence-corrected chi connectivity index (χ1v) is 11.3. The van der Waals surface area contributed by atoms with Gasteiger partial charge in [-0.05, 0) is 55.2 Å². The van der Waals surface area contributed by atoms with Gasteiger partial charge in [-0.25, -0.2) is 0 Å². The number of nitrogens with one attached hydrogen (secondary N) is 1. The quantitative estimate of drug-likeness (QED) is 0.833. The van der Waals surface area contributed by atoms with E-state index in [0.717, 1.165) is 73.6 Å². The zero-order valence-corrected chi connectivity index (χ0v) is 18.3. The van der Waals surface area contributed by atoms with Crippen molar-refractivity contribution in [1.82, 2.24) is 10.2 Å². The van der Waals surface area contributed by atoms with Crippen molar-refractivity contribution in [3.63, 3.8) is 0 Å². The Hall–Kier alpha value is -2.86. The lowest BCUT2D eigenvalue weighted by atomic mass is 9.99. The highest BCUT2D eigenvalue weighted by atomic mass is 16.2. The molecule has 31 heavy (non-hydrogen) atoms. The van der Waals surface area contributed by atoms with Gasteiger partial charge in [0.05, 0.1) is 11.4 Å². The highest BCUT2D eigenvalue weighted by Gasteiger charge is 2.38. The van der Waals surface area contributed by atoms with Crippen LogP contribution in [0.5, 0.6) is 0 Å². The van der Waals surface area contributed by atoms with Gasteiger partial charge in [-0.2, -0.15) is 0 Å². The molecule has 3 aliphatic rings. The summed E-state index contributed by atoms with van der Waals surface area (Å²) in [5.41, 5.74) is 4.94. The zero-order chi connectivity index (χ0) is 21.5. The number of rotatable bonds is 3. The summed E-state index contributed by atoms with van der Waals surface area (Å²) in [6, 6.07) is 14.5. The van der Waals surface area contributed by atoms with Crippen LogP contribution in [0.25, 0.3) is 11.1 Å². The third kappa shape index (κ3) is 3.81. The van der Waals surface area contributed by atoms with Crippen molar-refractivity contribution in [3.05, 3.63) is 48.0 Å². The largest absolute Gasteiger partial charge is 0.368 e. The Bertz CT molecular complexity index is 993. The monoisotopic (exact) mass is 418 g/mol. The molecule has 1 N–H and O–H groups in total. The topological polar surface area (TPSA) is 55.9 Å². The van der Waals surface area contributed by atoms with Gasteiger partial charge in [0.2, 0.25) is 5.91 Å². The lowest BCUT2D eigenvalue weighted by Crippen LogP contribution is -2.48. The summed E-state index contributed by atoms with van der Waals surface area (Å²) >= 11 is 0. The highest BCUT2D eigenvalue weighted by Crippen LogP contribution is 2.41.